The lowest BCUT2D eigenvalue weighted by Gasteiger charge is -2.16. The predicted molar refractivity (Wildman–Crippen MR) is 78.1 cm³/mol. The molecule has 1 aliphatic carbocycles. The zero-order valence-corrected chi connectivity index (χ0v) is 11.9. The normalized spacial score (nSPS) is 17.5. The number of aryl methyl sites for hydroxylation is 1. The summed E-state index contributed by atoms with van der Waals surface area (Å²) in [6.07, 6.45) is 5.76. The molecular weight excluding hydrogens is 250 g/mol. The summed E-state index contributed by atoms with van der Waals surface area (Å²) in [5.74, 6) is 1.92. The van der Waals surface area contributed by atoms with Crippen molar-refractivity contribution in [1.82, 2.24) is 10.1 Å². The standard InChI is InChI=1S/C16H21N3O/c1-11-5-4-8-13(9-11)16-18-15(20-19-16)10-14(17)12-6-2-3-7-12/h4-5,8-9,12,14H,2-3,6-7,10,17H2,1H3. The third-order valence-electron chi connectivity index (χ3n) is 4.16. The molecule has 4 heteroatoms. The lowest BCUT2D eigenvalue weighted by molar-refractivity contribution is 0.341. The van der Waals surface area contributed by atoms with Gasteiger partial charge in [0, 0.05) is 18.0 Å². The zero-order valence-electron chi connectivity index (χ0n) is 11.9. The summed E-state index contributed by atoms with van der Waals surface area (Å²) in [5.41, 5.74) is 8.44. The van der Waals surface area contributed by atoms with Gasteiger partial charge in [0.1, 0.15) is 0 Å². The average molecular weight is 271 g/mol. The third-order valence-corrected chi connectivity index (χ3v) is 4.16. The predicted octanol–water partition coefficient (Wildman–Crippen LogP) is 3.11. The van der Waals surface area contributed by atoms with Gasteiger partial charge in [-0.25, -0.2) is 0 Å². The Labute approximate surface area is 119 Å². The number of rotatable bonds is 4. The van der Waals surface area contributed by atoms with Crippen molar-refractivity contribution in [2.24, 2.45) is 11.7 Å². The van der Waals surface area contributed by atoms with E-state index in [0.717, 1.165) is 5.56 Å². The van der Waals surface area contributed by atoms with E-state index in [4.69, 9.17) is 10.3 Å². The summed E-state index contributed by atoms with van der Waals surface area (Å²) in [6.45, 7) is 2.06. The maximum Gasteiger partial charge on any atom is 0.228 e. The summed E-state index contributed by atoms with van der Waals surface area (Å²) in [4.78, 5) is 4.48. The molecule has 0 amide bonds. The van der Waals surface area contributed by atoms with E-state index in [2.05, 4.69) is 29.2 Å². The number of hydrogen-bond donors (Lipinski definition) is 1. The molecule has 1 aromatic heterocycles. The van der Waals surface area contributed by atoms with E-state index in [1.54, 1.807) is 0 Å². The highest BCUT2D eigenvalue weighted by Gasteiger charge is 2.24. The van der Waals surface area contributed by atoms with Crippen LogP contribution in [0.25, 0.3) is 11.4 Å². The van der Waals surface area contributed by atoms with Gasteiger partial charge in [0.25, 0.3) is 0 Å². The van der Waals surface area contributed by atoms with Gasteiger partial charge in [-0.3, -0.25) is 0 Å². The molecular formula is C16H21N3O. The van der Waals surface area contributed by atoms with E-state index in [0.29, 0.717) is 24.1 Å². The Kier molecular flexibility index (Phi) is 3.83. The van der Waals surface area contributed by atoms with Gasteiger partial charge in [0.15, 0.2) is 0 Å². The summed E-state index contributed by atoms with van der Waals surface area (Å²) < 4.78 is 5.35. The van der Waals surface area contributed by atoms with Crippen LogP contribution in [0.5, 0.6) is 0 Å². The van der Waals surface area contributed by atoms with Crippen LogP contribution < -0.4 is 5.73 Å². The highest BCUT2D eigenvalue weighted by molar-refractivity contribution is 5.55. The second-order valence-corrected chi connectivity index (χ2v) is 5.79. The number of nitrogens with two attached hydrogens (primary N) is 1. The highest BCUT2D eigenvalue weighted by Crippen LogP contribution is 2.28. The van der Waals surface area contributed by atoms with E-state index in [1.165, 1.54) is 31.2 Å². The fourth-order valence-electron chi connectivity index (χ4n) is 2.99. The number of nitrogens with zero attached hydrogens (tertiary/aromatic N) is 2. The second-order valence-electron chi connectivity index (χ2n) is 5.79. The summed E-state index contributed by atoms with van der Waals surface area (Å²) >= 11 is 0. The lowest BCUT2D eigenvalue weighted by atomic mass is 9.96. The van der Waals surface area contributed by atoms with Crippen LogP contribution in [0.4, 0.5) is 0 Å². The molecule has 1 fully saturated rings. The molecule has 20 heavy (non-hydrogen) atoms. The van der Waals surface area contributed by atoms with Gasteiger partial charge in [0.2, 0.25) is 11.7 Å². The minimum Gasteiger partial charge on any atom is -0.339 e. The number of hydrogen-bond acceptors (Lipinski definition) is 4. The molecule has 1 heterocycles. The fourth-order valence-corrected chi connectivity index (χ4v) is 2.99. The Balaban J connectivity index is 1.70. The summed E-state index contributed by atoms with van der Waals surface area (Å²) in [6, 6.07) is 8.26. The highest BCUT2D eigenvalue weighted by atomic mass is 16.5. The topological polar surface area (TPSA) is 64.9 Å². The monoisotopic (exact) mass is 271 g/mol. The van der Waals surface area contributed by atoms with E-state index in [9.17, 15) is 0 Å². The Bertz CT molecular complexity index is 573. The zero-order chi connectivity index (χ0) is 13.9. The number of aromatic nitrogens is 2. The SMILES string of the molecule is Cc1cccc(-c2noc(CC(N)C3CCCC3)n2)c1. The van der Waals surface area contributed by atoms with Gasteiger partial charge < -0.3 is 10.3 Å². The molecule has 3 rings (SSSR count). The van der Waals surface area contributed by atoms with Crippen LogP contribution in [-0.4, -0.2) is 16.2 Å². The van der Waals surface area contributed by atoms with Crippen molar-refractivity contribution in [3.63, 3.8) is 0 Å². The van der Waals surface area contributed by atoms with Gasteiger partial charge in [-0.2, -0.15) is 4.98 Å². The molecule has 1 aromatic carbocycles. The van der Waals surface area contributed by atoms with E-state index in [-0.39, 0.29) is 6.04 Å². The van der Waals surface area contributed by atoms with Crippen molar-refractivity contribution in [2.45, 2.75) is 45.1 Å². The van der Waals surface area contributed by atoms with Gasteiger partial charge in [-0.05, 0) is 31.7 Å². The van der Waals surface area contributed by atoms with Crippen LogP contribution in [0.1, 0.15) is 37.1 Å². The van der Waals surface area contributed by atoms with Gasteiger partial charge >= 0.3 is 0 Å². The molecule has 106 valence electrons. The molecule has 1 unspecified atom stereocenters. The molecule has 1 atom stereocenters. The quantitative estimate of drug-likeness (QED) is 0.928. The van der Waals surface area contributed by atoms with Crippen LogP contribution in [0.15, 0.2) is 28.8 Å². The first-order chi connectivity index (χ1) is 9.72. The Morgan fingerprint density at radius 2 is 2.15 bits per heavy atom. The van der Waals surface area contributed by atoms with Crippen LogP contribution in [0.3, 0.4) is 0 Å². The van der Waals surface area contributed by atoms with Crippen LogP contribution >= 0.6 is 0 Å². The third kappa shape index (κ3) is 2.90. The minimum atomic E-state index is 0.142. The first kappa shape index (κ1) is 13.3. The largest absolute Gasteiger partial charge is 0.339 e. The molecule has 0 bridgehead atoms. The number of benzene rings is 1. The van der Waals surface area contributed by atoms with E-state index >= 15 is 0 Å². The van der Waals surface area contributed by atoms with Gasteiger partial charge in [-0.15, -0.1) is 0 Å². The molecule has 2 aromatic rings. The molecule has 1 aliphatic rings. The maximum absolute atomic E-state index is 6.26. The Morgan fingerprint density at radius 1 is 1.35 bits per heavy atom. The van der Waals surface area contributed by atoms with Crippen molar-refractivity contribution >= 4 is 0 Å². The van der Waals surface area contributed by atoms with Crippen LogP contribution in [0, 0.1) is 12.8 Å². The first-order valence-electron chi connectivity index (χ1n) is 7.37. The molecule has 0 spiro atoms. The average Bonchev–Trinajstić information content (AvgIpc) is 3.10. The van der Waals surface area contributed by atoms with Crippen molar-refractivity contribution in [3.8, 4) is 11.4 Å². The smallest absolute Gasteiger partial charge is 0.228 e. The molecule has 1 saturated carbocycles. The fraction of sp³-hybridized carbons (Fsp3) is 0.500. The lowest BCUT2D eigenvalue weighted by Crippen LogP contribution is -2.30. The first-order valence-corrected chi connectivity index (χ1v) is 7.37. The summed E-state index contributed by atoms with van der Waals surface area (Å²) in [7, 11) is 0. The van der Waals surface area contributed by atoms with Gasteiger partial charge in [-0.1, -0.05) is 41.8 Å². The van der Waals surface area contributed by atoms with Crippen molar-refractivity contribution in [3.05, 3.63) is 35.7 Å². The van der Waals surface area contributed by atoms with E-state index < -0.39 is 0 Å². The minimum absolute atomic E-state index is 0.142. The maximum atomic E-state index is 6.26. The molecule has 2 N–H and O–H groups in total. The Morgan fingerprint density at radius 3 is 2.90 bits per heavy atom. The molecule has 4 nitrogen and oxygen atoms in total. The molecule has 0 aliphatic heterocycles. The second kappa shape index (κ2) is 5.75. The summed E-state index contributed by atoms with van der Waals surface area (Å²) in [5, 5.41) is 4.07. The Hall–Kier alpha value is -1.68. The van der Waals surface area contributed by atoms with Gasteiger partial charge in [0.05, 0.1) is 0 Å². The van der Waals surface area contributed by atoms with E-state index in [1.807, 2.05) is 12.1 Å². The van der Waals surface area contributed by atoms with Crippen LogP contribution in [-0.2, 0) is 6.42 Å². The molecule has 0 saturated heterocycles. The van der Waals surface area contributed by atoms with Crippen LogP contribution in [0.2, 0.25) is 0 Å². The van der Waals surface area contributed by atoms with Crippen molar-refractivity contribution in [2.75, 3.05) is 0 Å². The van der Waals surface area contributed by atoms with Crippen molar-refractivity contribution in [1.29, 1.82) is 0 Å². The molecule has 0 radical (unpaired) electrons. The van der Waals surface area contributed by atoms with Crippen molar-refractivity contribution < 1.29 is 4.52 Å².